The summed E-state index contributed by atoms with van der Waals surface area (Å²) < 4.78 is 0. The van der Waals surface area contributed by atoms with E-state index in [1.165, 1.54) is 13.8 Å². The van der Waals surface area contributed by atoms with Crippen molar-refractivity contribution in [1.82, 2.24) is 42.5 Å². The van der Waals surface area contributed by atoms with Gasteiger partial charge in [0.05, 0.1) is 44.4 Å². The highest BCUT2D eigenvalue weighted by Gasteiger charge is 2.37. The van der Waals surface area contributed by atoms with E-state index in [0.29, 0.717) is 5.56 Å². The molecule has 66 heavy (non-hydrogen) atoms. The Labute approximate surface area is 377 Å². The lowest BCUT2D eigenvalue weighted by Gasteiger charge is -2.28. The zero-order valence-electron chi connectivity index (χ0n) is 36.4. The van der Waals surface area contributed by atoms with E-state index in [1.807, 2.05) is 10.6 Å². The number of hydrogen-bond donors (Lipinski definition) is 16. The first-order valence-electron chi connectivity index (χ1n) is 20.3. The first-order valence-corrected chi connectivity index (χ1v) is 20.3. The molecule has 0 radical (unpaired) electrons. The van der Waals surface area contributed by atoms with Gasteiger partial charge in [-0.1, -0.05) is 44.2 Å². The Balaban J connectivity index is 3.26. The number of hydrogen-bond acceptors (Lipinski definition) is 16. The van der Waals surface area contributed by atoms with Gasteiger partial charge in [-0.15, -0.1) is 0 Å². The highest BCUT2D eigenvalue weighted by molar-refractivity contribution is 5.98. The molecule has 10 atom stereocenters. The lowest BCUT2D eigenvalue weighted by atomic mass is 10.0. The monoisotopic (exact) mass is 941 g/mol. The van der Waals surface area contributed by atoms with E-state index in [1.54, 1.807) is 30.3 Å². The van der Waals surface area contributed by atoms with Gasteiger partial charge in [-0.3, -0.25) is 47.9 Å². The van der Waals surface area contributed by atoms with E-state index in [4.69, 9.17) is 15.9 Å². The standard InChI is InChI=1S/C39H59N9O18/c1-17(2)29(36(62)45-25(16-50)39(65)66)47-34(60)23(13-28(56)57)42-35(61)24(15-49)44-38(64)31(19(4)52)48-33(59)22(12-20-8-6-5-7-9-20)43-37(63)30(18(3)51)46-26(53)14-41-32(58)21(40)10-11-27(54)55/h5-9,17-19,21-25,29-31,49-52H,10-16,40H2,1-4H3,(H,41,58)(H,42,61)(H,43,63)(H,44,64)(H,45,62)(H,46,53)(H,47,60)(H,48,59)(H,54,55)(H,56,57)(H,65,66). The van der Waals surface area contributed by atoms with Crippen LogP contribution >= 0.6 is 0 Å². The van der Waals surface area contributed by atoms with Gasteiger partial charge < -0.3 is 84.0 Å². The second-order valence-electron chi connectivity index (χ2n) is 15.2. The van der Waals surface area contributed by atoms with Crippen LogP contribution in [0, 0.1) is 5.92 Å². The summed E-state index contributed by atoms with van der Waals surface area (Å²) in [5.41, 5.74) is 6.07. The number of benzene rings is 1. The predicted molar refractivity (Wildman–Crippen MR) is 224 cm³/mol. The Bertz CT molecular complexity index is 1880. The van der Waals surface area contributed by atoms with Gasteiger partial charge >= 0.3 is 17.9 Å². The van der Waals surface area contributed by atoms with Crippen molar-refractivity contribution >= 4 is 65.2 Å². The molecule has 0 heterocycles. The SMILES string of the molecule is CC(C)C(NC(=O)C(CC(=O)O)NC(=O)C(CO)NC(=O)C(NC(=O)C(Cc1ccccc1)NC(=O)C(NC(=O)CNC(=O)C(N)CCC(=O)O)C(C)O)C(C)O)C(=O)NC(CO)C(=O)O. The summed E-state index contributed by atoms with van der Waals surface area (Å²) in [6.45, 7) is 2.07. The average molecular weight is 942 g/mol. The number of nitrogens with two attached hydrogens (primary N) is 1. The molecule has 0 aliphatic rings. The van der Waals surface area contributed by atoms with E-state index in [9.17, 15) is 78.3 Å². The molecule has 0 bridgehead atoms. The smallest absolute Gasteiger partial charge is 0.328 e. The van der Waals surface area contributed by atoms with Crippen LogP contribution < -0.4 is 48.3 Å². The first kappa shape index (κ1) is 57.2. The van der Waals surface area contributed by atoms with Crippen LogP contribution in [0.2, 0.25) is 0 Å². The third-order valence-electron chi connectivity index (χ3n) is 9.36. The third kappa shape index (κ3) is 19.9. The van der Waals surface area contributed by atoms with Crippen molar-refractivity contribution in [3.63, 3.8) is 0 Å². The Morgan fingerprint density at radius 1 is 0.545 bits per heavy atom. The van der Waals surface area contributed by atoms with Crippen molar-refractivity contribution in [2.75, 3.05) is 19.8 Å². The van der Waals surface area contributed by atoms with Crippen molar-refractivity contribution in [3.8, 4) is 0 Å². The maximum Gasteiger partial charge on any atom is 0.328 e. The average Bonchev–Trinajstić information content (AvgIpc) is 3.24. The first-order chi connectivity index (χ1) is 30.8. The van der Waals surface area contributed by atoms with E-state index in [-0.39, 0.29) is 12.8 Å². The Hall–Kier alpha value is -6.81. The van der Waals surface area contributed by atoms with Crippen LogP contribution in [0.1, 0.15) is 52.5 Å². The molecule has 1 aromatic rings. The molecule has 0 aliphatic carbocycles. The molecule has 0 aliphatic heterocycles. The molecular formula is C39H59N9O18. The molecular weight excluding hydrogens is 882 g/mol. The van der Waals surface area contributed by atoms with Crippen LogP contribution in [0.5, 0.6) is 0 Å². The Morgan fingerprint density at radius 3 is 1.48 bits per heavy atom. The summed E-state index contributed by atoms with van der Waals surface area (Å²) in [5, 5.41) is 84.9. The number of carbonyl (C=O) groups excluding carboxylic acids is 8. The quantitative estimate of drug-likeness (QED) is 0.0355. The van der Waals surface area contributed by atoms with Gasteiger partial charge in [0, 0.05) is 12.8 Å². The number of carbonyl (C=O) groups is 11. The topological polar surface area (TPSA) is 452 Å². The summed E-state index contributed by atoms with van der Waals surface area (Å²) in [6.07, 6.45) is -5.42. The molecule has 1 aromatic carbocycles. The van der Waals surface area contributed by atoms with Gasteiger partial charge in [0.15, 0.2) is 0 Å². The van der Waals surface area contributed by atoms with Crippen LogP contribution in [0.15, 0.2) is 30.3 Å². The van der Waals surface area contributed by atoms with Crippen LogP contribution in [-0.2, 0) is 59.2 Å². The van der Waals surface area contributed by atoms with Gasteiger partial charge in [0.2, 0.25) is 47.3 Å². The molecule has 10 unspecified atom stereocenters. The van der Waals surface area contributed by atoms with Crippen LogP contribution in [-0.4, -0.2) is 181 Å². The molecule has 27 nitrogen and oxygen atoms in total. The summed E-state index contributed by atoms with van der Waals surface area (Å²) in [5.74, 6) is -14.4. The normalized spacial score (nSPS) is 15.5. The number of amides is 8. The minimum Gasteiger partial charge on any atom is -0.481 e. The lowest BCUT2D eigenvalue weighted by molar-refractivity contribution is -0.144. The fourth-order valence-electron chi connectivity index (χ4n) is 5.67. The number of aliphatic hydroxyl groups is 4. The molecule has 8 amide bonds. The van der Waals surface area contributed by atoms with Gasteiger partial charge in [-0.2, -0.15) is 0 Å². The second-order valence-corrected chi connectivity index (χ2v) is 15.2. The number of aliphatic carboxylic acids is 3. The fourth-order valence-corrected chi connectivity index (χ4v) is 5.67. The van der Waals surface area contributed by atoms with Crippen molar-refractivity contribution in [3.05, 3.63) is 35.9 Å². The van der Waals surface area contributed by atoms with E-state index < -0.39 is 164 Å². The van der Waals surface area contributed by atoms with Crippen molar-refractivity contribution in [2.24, 2.45) is 11.7 Å². The number of rotatable bonds is 29. The van der Waals surface area contributed by atoms with Crippen molar-refractivity contribution < 1.29 is 88.5 Å². The number of nitrogens with one attached hydrogen (secondary N) is 8. The Morgan fingerprint density at radius 2 is 1.00 bits per heavy atom. The van der Waals surface area contributed by atoms with Gasteiger partial charge in [-0.05, 0) is 31.7 Å². The molecule has 0 fully saturated rings. The maximum absolute atomic E-state index is 13.8. The van der Waals surface area contributed by atoms with Gasteiger partial charge in [0.25, 0.3) is 0 Å². The zero-order valence-corrected chi connectivity index (χ0v) is 36.4. The van der Waals surface area contributed by atoms with E-state index in [0.717, 1.165) is 13.8 Å². The highest BCUT2D eigenvalue weighted by atomic mass is 16.4. The summed E-state index contributed by atoms with van der Waals surface area (Å²) in [4.78, 5) is 139. The molecule has 0 saturated carbocycles. The predicted octanol–water partition coefficient (Wildman–Crippen LogP) is -7.11. The minimum absolute atomic E-state index is 0.242. The molecule has 17 N–H and O–H groups in total. The second kappa shape index (κ2) is 28.2. The zero-order chi connectivity index (χ0) is 50.4. The summed E-state index contributed by atoms with van der Waals surface area (Å²) >= 11 is 0. The van der Waals surface area contributed by atoms with Gasteiger partial charge in [-0.25, -0.2) is 4.79 Å². The number of aliphatic hydroxyl groups excluding tert-OH is 4. The van der Waals surface area contributed by atoms with Crippen LogP contribution in [0.3, 0.4) is 0 Å². The molecule has 0 aromatic heterocycles. The largest absolute Gasteiger partial charge is 0.481 e. The summed E-state index contributed by atoms with van der Waals surface area (Å²) in [7, 11) is 0. The summed E-state index contributed by atoms with van der Waals surface area (Å²) in [6, 6.07) is -5.84. The van der Waals surface area contributed by atoms with E-state index in [2.05, 4.69) is 31.9 Å². The van der Waals surface area contributed by atoms with Crippen molar-refractivity contribution in [2.45, 2.75) is 114 Å². The van der Waals surface area contributed by atoms with Gasteiger partial charge in [0.1, 0.15) is 42.3 Å². The van der Waals surface area contributed by atoms with Crippen LogP contribution in [0.25, 0.3) is 0 Å². The molecule has 0 saturated heterocycles. The fraction of sp³-hybridized carbons (Fsp3) is 0.564. The van der Waals surface area contributed by atoms with Crippen LogP contribution in [0.4, 0.5) is 0 Å². The molecule has 27 heteroatoms. The Kier molecular flexibility index (Phi) is 24.4. The van der Waals surface area contributed by atoms with E-state index >= 15 is 0 Å². The lowest BCUT2D eigenvalue weighted by Crippen LogP contribution is -2.63. The maximum atomic E-state index is 13.8. The molecule has 1 rings (SSSR count). The number of carboxylic acid groups (broad SMARTS) is 3. The highest BCUT2D eigenvalue weighted by Crippen LogP contribution is 2.08. The minimum atomic E-state index is -1.98. The number of carboxylic acids is 3. The third-order valence-corrected chi connectivity index (χ3v) is 9.36. The molecule has 368 valence electrons. The molecule has 0 spiro atoms. The van der Waals surface area contributed by atoms with Crippen molar-refractivity contribution in [1.29, 1.82) is 0 Å².